The number of aliphatic hydroxyl groups excluding tert-OH is 1. The van der Waals surface area contributed by atoms with Gasteiger partial charge in [0.05, 0.1) is 6.10 Å². The zero-order valence-corrected chi connectivity index (χ0v) is 24.7. The molecule has 0 aliphatic heterocycles. The van der Waals surface area contributed by atoms with Crippen LogP contribution in [-0.4, -0.2) is 32.0 Å². The van der Waals surface area contributed by atoms with Crippen molar-refractivity contribution in [1.82, 2.24) is 0 Å². The van der Waals surface area contributed by atoms with Crippen molar-refractivity contribution in [2.75, 3.05) is 6.61 Å². The van der Waals surface area contributed by atoms with Gasteiger partial charge < -0.3 is 14.6 Å². The lowest BCUT2D eigenvalue weighted by Crippen LogP contribution is -2.60. The molecule has 5 rings (SSSR count). The van der Waals surface area contributed by atoms with E-state index in [9.17, 15) is 10.2 Å². The van der Waals surface area contributed by atoms with Crippen molar-refractivity contribution in [3.63, 3.8) is 0 Å². The first-order chi connectivity index (χ1) is 16.8. The van der Waals surface area contributed by atoms with E-state index in [0.717, 1.165) is 31.4 Å². The first-order valence-electron chi connectivity index (χ1n) is 14.4. The first-order valence-corrected chi connectivity index (χ1v) is 16.8. The molecule has 36 heavy (non-hydrogen) atoms. The minimum Gasteiger partial charge on any atom is -0.417 e. The van der Waals surface area contributed by atoms with Crippen LogP contribution in [0.3, 0.4) is 0 Å². The van der Waals surface area contributed by atoms with Crippen molar-refractivity contribution in [2.24, 2.45) is 39.9 Å². The summed E-state index contributed by atoms with van der Waals surface area (Å²) in [5, 5.41) is 23.5. The second-order valence-corrected chi connectivity index (χ2v) is 16.5. The Labute approximate surface area is 221 Å². The fourth-order valence-corrected chi connectivity index (χ4v) is 10.0. The normalized spacial score (nSPS) is 42.5. The van der Waals surface area contributed by atoms with Crippen LogP contribution in [0.4, 0.5) is 0 Å². The Kier molecular flexibility index (Phi) is 6.72. The summed E-state index contributed by atoms with van der Waals surface area (Å²) in [6.07, 6.45) is 9.31. The summed E-state index contributed by atoms with van der Waals surface area (Å²) < 4.78 is 6.60. The van der Waals surface area contributed by atoms with Gasteiger partial charge in [-0.1, -0.05) is 63.1 Å². The van der Waals surface area contributed by atoms with Gasteiger partial charge in [-0.3, -0.25) is 0 Å². The molecule has 3 saturated carbocycles. The quantitative estimate of drug-likeness (QED) is 0.338. The van der Waals surface area contributed by atoms with E-state index in [2.05, 4.69) is 78.1 Å². The molecule has 4 heteroatoms. The Balaban J connectivity index is 1.68. The van der Waals surface area contributed by atoms with E-state index in [-0.39, 0.29) is 28.3 Å². The van der Waals surface area contributed by atoms with Gasteiger partial charge in [-0.15, -0.1) is 0 Å². The number of aliphatic hydroxyl groups is 2. The molecule has 3 fully saturated rings. The summed E-state index contributed by atoms with van der Waals surface area (Å²) in [4.78, 5) is 0. The highest BCUT2D eigenvalue weighted by Crippen LogP contribution is 2.71. The fourth-order valence-electron chi connectivity index (χ4n) is 9.46. The summed E-state index contributed by atoms with van der Waals surface area (Å²) in [7, 11) is -0.797. The van der Waals surface area contributed by atoms with Gasteiger partial charge in [0, 0.05) is 12.5 Å². The third-order valence-electron chi connectivity index (χ3n) is 11.1. The van der Waals surface area contributed by atoms with E-state index in [1.54, 1.807) is 0 Å². The van der Waals surface area contributed by atoms with E-state index in [1.807, 2.05) is 0 Å². The van der Waals surface area contributed by atoms with Crippen molar-refractivity contribution >= 4 is 9.04 Å². The molecule has 1 radical (unpaired) electrons. The van der Waals surface area contributed by atoms with Crippen molar-refractivity contribution in [3.8, 4) is 0 Å². The minimum absolute atomic E-state index is 0.0676. The molecule has 1 unspecified atom stereocenters. The molecule has 0 spiro atoms. The van der Waals surface area contributed by atoms with Gasteiger partial charge >= 0.3 is 0 Å². The lowest BCUT2D eigenvalue weighted by molar-refractivity contribution is -0.161. The van der Waals surface area contributed by atoms with Crippen LogP contribution in [0.5, 0.6) is 0 Å². The molecular weight excluding hydrogens is 460 g/mol. The minimum atomic E-state index is -1.00. The number of aryl methyl sites for hydroxylation is 1. The Bertz CT molecular complexity index is 994. The number of rotatable bonds is 4. The summed E-state index contributed by atoms with van der Waals surface area (Å²) >= 11 is 0. The van der Waals surface area contributed by atoms with Crippen LogP contribution in [0.2, 0.25) is 13.1 Å². The number of hydrogen-bond acceptors (Lipinski definition) is 3. The van der Waals surface area contributed by atoms with Gasteiger partial charge in [0.15, 0.2) is 0 Å². The topological polar surface area (TPSA) is 49.7 Å². The molecule has 4 aliphatic rings. The van der Waals surface area contributed by atoms with E-state index in [4.69, 9.17) is 4.43 Å². The van der Waals surface area contributed by atoms with E-state index in [0.29, 0.717) is 24.2 Å². The van der Waals surface area contributed by atoms with Gasteiger partial charge in [0.2, 0.25) is 9.04 Å². The van der Waals surface area contributed by atoms with Gasteiger partial charge in [-0.05, 0) is 111 Å². The molecule has 3 nitrogen and oxygen atoms in total. The SMILES string of the molecule is Cc1ccc(C2(O)C=C3C[C@@H](O)CC[C@]3(C)[C@H]3CC[C@]4(CO[Si](C)C)[C@@H](C(C)(C)C)CC[C@H]4[C@@H]32)cc1. The second kappa shape index (κ2) is 9.07. The molecule has 199 valence electrons. The van der Waals surface area contributed by atoms with Crippen LogP contribution in [0, 0.1) is 46.8 Å². The predicted octanol–water partition coefficient (Wildman–Crippen LogP) is 7.03. The molecule has 4 aliphatic carbocycles. The maximum Gasteiger partial charge on any atom is 0.204 e. The molecule has 8 atom stereocenters. The molecule has 2 N–H and O–H groups in total. The predicted molar refractivity (Wildman–Crippen MR) is 149 cm³/mol. The summed E-state index contributed by atoms with van der Waals surface area (Å²) in [6.45, 7) is 17.2. The lowest BCUT2D eigenvalue weighted by Gasteiger charge is -2.63. The lowest BCUT2D eigenvalue weighted by atomic mass is 9.43. The monoisotopic (exact) mass is 509 g/mol. The highest BCUT2D eigenvalue weighted by Gasteiger charge is 2.67. The second-order valence-electron chi connectivity index (χ2n) is 14.4. The van der Waals surface area contributed by atoms with Gasteiger partial charge in [-0.2, -0.15) is 0 Å². The van der Waals surface area contributed by atoms with E-state index < -0.39 is 14.6 Å². The highest BCUT2D eigenvalue weighted by molar-refractivity contribution is 6.48. The van der Waals surface area contributed by atoms with E-state index in [1.165, 1.54) is 30.4 Å². The van der Waals surface area contributed by atoms with Crippen LogP contribution in [0.25, 0.3) is 0 Å². The van der Waals surface area contributed by atoms with Crippen LogP contribution >= 0.6 is 0 Å². The Morgan fingerprint density at radius 1 is 1.00 bits per heavy atom. The Morgan fingerprint density at radius 2 is 1.69 bits per heavy atom. The number of benzene rings is 1. The molecule has 0 saturated heterocycles. The molecular formula is C32H49O3Si. The maximum atomic E-state index is 12.9. The standard InChI is InChI=1S/C32H49O3Si/c1-21-8-10-22(11-9-21)32(34)19-23-18-24(33)14-16-30(23,5)25-15-17-31(20-35-36(6)7)26(28(25)32)12-13-27(31)29(2,3)4/h8-11,19,24-28,33-34H,12-18,20H2,1-7H3/t24-,25-,26-,27+,28+,30-,31+,32?/m0/s1. The van der Waals surface area contributed by atoms with Crippen LogP contribution < -0.4 is 0 Å². The summed E-state index contributed by atoms with van der Waals surface area (Å²) in [5.74, 6) is 1.65. The summed E-state index contributed by atoms with van der Waals surface area (Å²) in [6, 6.07) is 8.62. The maximum absolute atomic E-state index is 12.9. The van der Waals surface area contributed by atoms with Gasteiger partial charge in [0.25, 0.3) is 0 Å². The third-order valence-corrected chi connectivity index (χ3v) is 11.8. The largest absolute Gasteiger partial charge is 0.417 e. The Hall–Kier alpha value is -0.943. The zero-order valence-electron chi connectivity index (χ0n) is 23.7. The van der Waals surface area contributed by atoms with Crippen molar-refractivity contribution < 1.29 is 14.6 Å². The van der Waals surface area contributed by atoms with Crippen LogP contribution in [-0.2, 0) is 10.0 Å². The average molecular weight is 510 g/mol. The highest BCUT2D eigenvalue weighted by atomic mass is 28.3. The fraction of sp³-hybridized carbons (Fsp3) is 0.750. The van der Waals surface area contributed by atoms with Crippen LogP contribution in [0.15, 0.2) is 35.9 Å². The number of fused-ring (bicyclic) bond motifs is 5. The molecule has 1 aromatic carbocycles. The molecule has 0 amide bonds. The summed E-state index contributed by atoms with van der Waals surface area (Å²) in [5.41, 5.74) is 2.96. The molecule has 0 bridgehead atoms. The first kappa shape index (κ1) is 26.7. The van der Waals surface area contributed by atoms with Crippen molar-refractivity contribution in [2.45, 2.75) is 104 Å². The third kappa shape index (κ3) is 4.10. The molecule has 1 aromatic rings. The zero-order chi connectivity index (χ0) is 26.1. The number of hydrogen-bond donors (Lipinski definition) is 2. The van der Waals surface area contributed by atoms with Gasteiger partial charge in [0.1, 0.15) is 5.60 Å². The average Bonchev–Trinajstić information content (AvgIpc) is 3.20. The molecule has 0 aromatic heterocycles. The van der Waals surface area contributed by atoms with Crippen LogP contribution in [0.1, 0.15) is 83.8 Å². The Morgan fingerprint density at radius 3 is 2.33 bits per heavy atom. The van der Waals surface area contributed by atoms with Gasteiger partial charge in [-0.25, -0.2) is 0 Å². The van der Waals surface area contributed by atoms with Crippen molar-refractivity contribution in [3.05, 3.63) is 47.0 Å². The molecule has 0 heterocycles. The smallest absolute Gasteiger partial charge is 0.204 e. The van der Waals surface area contributed by atoms with E-state index >= 15 is 0 Å². The van der Waals surface area contributed by atoms with Crippen molar-refractivity contribution in [1.29, 1.82) is 0 Å².